The lowest BCUT2D eigenvalue weighted by Gasteiger charge is -2.29. The first-order valence-corrected chi connectivity index (χ1v) is 8.54. The van der Waals surface area contributed by atoms with Gasteiger partial charge in [-0.05, 0) is 22.1 Å². The molecule has 0 aromatic heterocycles. The number of ether oxygens (including phenoxy) is 2. The summed E-state index contributed by atoms with van der Waals surface area (Å²) < 4.78 is 9.57. The van der Waals surface area contributed by atoms with Gasteiger partial charge in [0, 0.05) is 19.0 Å². The molecule has 0 spiro atoms. The van der Waals surface area contributed by atoms with Crippen molar-refractivity contribution in [1.82, 2.24) is 4.90 Å². The molecular weight excluding hydrogens is 360 g/mol. The number of rotatable bonds is 6. The van der Waals surface area contributed by atoms with Crippen LogP contribution in [0.3, 0.4) is 0 Å². The summed E-state index contributed by atoms with van der Waals surface area (Å²) in [5, 5.41) is 3.89. The van der Waals surface area contributed by atoms with Crippen LogP contribution in [0.5, 0.6) is 0 Å². The van der Waals surface area contributed by atoms with Gasteiger partial charge in [0.15, 0.2) is 5.57 Å². The zero-order valence-electron chi connectivity index (χ0n) is 17.3. The molecule has 0 aliphatic rings. The number of likely N-dealkylation sites (N-methyl/N-ethyl adjacent to an activating group) is 1. The molecule has 0 saturated carbocycles. The molecular formula is C20H26N4O4. The van der Waals surface area contributed by atoms with Crippen molar-refractivity contribution < 1.29 is 19.1 Å². The third kappa shape index (κ3) is 5.14. The summed E-state index contributed by atoms with van der Waals surface area (Å²) in [6.07, 6.45) is 0. The Hall–Kier alpha value is -3.25. The van der Waals surface area contributed by atoms with Gasteiger partial charge in [0.05, 0.1) is 25.6 Å². The van der Waals surface area contributed by atoms with Crippen LogP contribution in [0, 0.1) is 5.41 Å². The summed E-state index contributed by atoms with van der Waals surface area (Å²) in [6, 6.07) is 9.33. The SMILES string of the molecule is COC(=O)C(C(=O)OC)=C(/C(N=[N+]=[N-])=C(/c1ccccc1)C(C)(C)C)N(C)C. The van der Waals surface area contributed by atoms with Gasteiger partial charge in [0.2, 0.25) is 0 Å². The number of hydrogen-bond donors (Lipinski definition) is 0. The van der Waals surface area contributed by atoms with Crippen molar-refractivity contribution in [2.75, 3.05) is 28.3 Å². The van der Waals surface area contributed by atoms with Crippen LogP contribution in [0.25, 0.3) is 16.0 Å². The Bertz CT molecular complexity index is 825. The fraction of sp³-hybridized carbons (Fsp3) is 0.400. The quantitative estimate of drug-likeness (QED) is 0.108. The van der Waals surface area contributed by atoms with E-state index in [9.17, 15) is 15.1 Å². The maximum absolute atomic E-state index is 12.4. The number of azide groups is 1. The normalized spacial score (nSPS) is 11.5. The van der Waals surface area contributed by atoms with Crippen LogP contribution in [0.1, 0.15) is 26.3 Å². The first-order chi connectivity index (χ1) is 13.1. The fourth-order valence-corrected chi connectivity index (χ4v) is 2.82. The summed E-state index contributed by atoms with van der Waals surface area (Å²) in [6.45, 7) is 5.85. The van der Waals surface area contributed by atoms with Crippen LogP contribution >= 0.6 is 0 Å². The molecule has 1 aromatic carbocycles. The van der Waals surface area contributed by atoms with E-state index >= 15 is 0 Å². The van der Waals surface area contributed by atoms with Gasteiger partial charge in [-0.2, -0.15) is 0 Å². The zero-order chi connectivity index (χ0) is 21.5. The van der Waals surface area contributed by atoms with E-state index in [-0.39, 0.29) is 17.0 Å². The molecule has 0 radical (unpaired) electrons. The molecule has 1 aromatic rings. The molecule has 1 rings (SSSR count). The molecule has 0 aliphatic heterocycles. The van der Waals surface area contributed by atoms with Gasteiger partial charge in [-0.1, -0.05) is 56.2 Å². The molecule has 150 valence electrons. The van der Waals surface area contributed by atoms with E-state index in [1.54, 1.807) is 14.1 Å². The lowest BCUT2D eigenvalue weighted by molar-refractivity contribution is -0.144. The number of nitrogens with zero attached hydrogens (tertiary/aromatic N) is 4. The molecule has 0 heterocycles. The first kappa shape index (κ1) is 22.8. The standard InChI is InChI=1S/C20H26N4O4/c1-20(2,3)15(13-11-9-8-10-12-13)16(22-23-21)17(24(4)5)14(18(25)27-6)19(26)28-7/h8-12H,1-7H3/b16-15+. The third-order valence-corrected chi connectivity index (χ3v) is 3.88. The highest BCUT2D eigenvalue weighted by Crippen LogP contribution is 2.40. The summed E-state index contributed by atoms with van der Waals surface area (Å²) >= 11 is 0. The number of benzene rings is 1. The van der Waals surface area contributed by atoms with Crippen LogP contribution < -0.4 is 0 Å². The van der Waals surface area contributed by atoms with Crippen molar-refractivity contribution >= 4 is 17.5 Å². The lowest BCUT2D eigenvalue weighted by Crippen LogP contribution is -2.26. The summed E-state index contributed by atoms with van der Waals surface area (Å²) in [7, 11) is 5.60. The molecule has 8 heteroatoms. The van der Waals surface area contributed by atoms with Gasteiger partial charge in [0.25, 0.3) is 0 Å². The monoisotopic (exact) mass is 386 g/mol. The van der Waals surface area contributed by atoms with Crippen LogP contribution in [0.2, 0.25) is 0 Å². The molecule has 0 N–H and O–H groups in total. The predicted molar refractivity (Wildman–Crippen MR) is 107 cm³/mol. The van der Waals surface area contributed by atoms with Gasteiger partial charge < -0.3 is 14.4 Å². The Morgan fingerprint density at radius 2 is 1.54 bits per heavy atom. The van der Waals surface area contributed by atoms with Crippen molar-refractivity contribution in [3.8, 4) is 0 Å². The number of methoxy groups -OCH3 is 2. The van der Waals surface area contributed by atoms with E-state index in [0.717, 1.165) is 19.8 Å². The van der Waals surface area contributed by atoms with Crippen molar-refractivity contribution in [2.24, 2.45) is 10.5 Å². The second-order valence-electron chi connectivity index (χ2n) is 7.13. The van der Waals surface area contributed by atoms with Gasteiger partial charge in [-0.25, -0.2) is 9.59 Å². The molecule has 0 amide bonds. The van der Waals surface area contributed by atoms with Crippen molar-refractivity contribution in [3.05, 3.63) is 63.3 Å². The van der Waals surface area contributed by atoms with Crippen LogP contribution in [0.4, 0.5) is 0 Å². The minimum atomic E-state index is -0.887. The van der Waals surface area contributed by atoms with E-state index < -0.39 is 17.4 Å². The summed E-state index contributed by atoms with van der Waals surface area (Å²) in [5.74, 6) is -1.77. The fourth-order valence-electron chi connectivity index (χ4n) is 2.82. The Balaban J connectivity index is 4.19. The minimum absolute atomic E-state index is 0.116. The average molecular weight is 386 g/mol. The van der Waals surface area contributed by atoms with Crippen LogP contribution in [0.15, 0.2) is 52.4 Å². The molecule has 0 fully saturated rings. The third-order valence-electron chi connectivity index (χ3n) is 3.88. The van der Waals surface area contributed by atoms with Crippen molar-refractivity contribution in [2.45, 2.75) is 20.8 Å². The number of esters is 2. The highest BCUT2D eigenvalue weighted by Gasteiger charge is 2.32. The van der Waals surface area contributed by atoms with E-state index in [0.29, 0.717) is 5.57 Å². The van der Waals surface area contributed by atoms with Crippen LogP contribution in [-0.2, 0) is 19.1 Å². The minimum Gasteiger partial charge on any atom is -0.465 e. The maximum Gasteiger partial charge on any atom is 0.347 e. The Morgan fingerprint density at radius 3 is 1.89 bits per heavy atom. The lowest BCUT2D eigenvalue weighted by atomic mass is 9.80. The largest absolute Gasteiger partial charge is 0.465 e. The second kappa shape index (κ2) is 9.62. The molecule has 0 atom stereocenters. The van der Waals surface area contributed by atoms with Gasteiger partial charge in [-0.15, -0.1) is 0 Å². The Morgan fingerprint density at radius 1 is 1.04 bits per heavy atom. The highest BCUT2D eigenvalue weighted by molar-refractivity contribution is 6.15. The van der Waals surface area contributed by atoms with Crippen molar-refractivity contribution in [1.29, 1.82) is 0 Å². The molecule has 0 aliphatic carbocycles. The smallest absolute Gasteiger partial charge is 0.347 e. The summed E-state index contributed by atoms with van der Waals surface area (Å²) in [4.78, 5) is 29.3. The Kier molecular flexibility index (Phi) is 7.83. The van der Waals surface area contributed by atoms with E-state index in [2.05, 4.69) is 10.0 Å². The number of hydrogen-bond acceptors (Lipinski definition) is 6. The van der Waals surface area contributed by atoms with E-state index in [4.69, 9.17) is 9.47 Å². The van der Waals surface area contributed by atoms with E-state index in [1.165, 1.54) is 4.90 Å². The second-order valence-corrected chi connectivity index (χ2v) is 7.13. The number of allylic oxidation sites excluding steroid dienone is 1. The molecule has 0 bridgehead atoms. The Labute approximate surface area is 165 Å². The predicted octanol–water partition coefficient (Wildman–Crippen LogP) is 3.92. The van der Waals surface area contributed by atoms with Gasteiger partial charge in [-0.3, -0.25) is 0 Å². The average Bonchev–Trinajstić information content (AvgIpc) is 2.64. The maximum atomic E-state index is 12.4. The van der Waals surface area contributed by atoms with Gasteiger partial charge in [0.1, 0.15) is 0 Å². The molecule has 8 nitrogen and oxygen atoms in total. The van der Waals surface area contributed by atoms with Crippen LogP contribution in [-0.4, -0.2) is 45.2 Å². The zero-order valence-corrected chi connectivity index (χ0v) is 17.3. The van der Waals surface area contributed by atoms with E-state index in [1.807, 2.05) is 51.1 Å². The number of carbonyl (C=O) groups is 2. The van der Waals surface area contributed by atoms with Gasteiger partial charge >= 0.3 is 11.9 Å². The highest BCUT2D eigenvalue weighted by atomic mass is 16.5. The number of carbonyl (C=O) groups excluding carboxylic acids is 2. The van der Waals surface area contributed by atoms with Crippen molar-refractivity contribution in [3.63, 3.8) is 0 Å². The molecule has 0 saturated heterocycles. The summed E-state index contributed by atoms with van der Waals surface area (Å²) in [5.41, 5.74) is 10.1. The first-order valence-electron chi connectivity index (χ1n) is 8.54. The molecule has 28 heavy (non-hydrogen) atoms. The topological polar surface area (TPSA) is 105 Å². The molecule has 0 unspecified atom stereocenters.